The minimum atomic E-state index is -0.743. The van der Waals surface area contributed by atoms with Crippen molar-refractivity contribution in [2.45, 2.75) is 38.3 Å². The number of carboxylic acid groups (broad SMARTS) is 1. The Balaban J connectivity index is 2.27. The van der Waals surface area contributed by atoms with Gasteiger partial charge in [-0.05, 0) is 37.1 Å². The van der Waals surface area contributed by atoms with Crippen molar-refractivity contribution in [3.8, 4) is 0 Å². The quantitative estimate of drug-likeness (QED) is 0.868. The molecular weight excluding hydrogens is 254 g/mol. The van der Waals surface area contributed by atoms with E-state index >= 15 is 0 Å². The number of aliphatic carboxylic acids is 1. The second-order valence-electron chi connectivity index (χ2n) is 5.34. The predicted molar refractivity (Wildman–Crippen MR) is 77.6 cm³/mol. The van der Waals surface area contributed by atoms with Crippen LogP contribution in [0.3, 0.4) is 0 Å². The summed E-state index contributed by atoms with van der Waals surface area (Å²) < 4.78 is 5.25. The van der Waals surface area contributed by atoms with Gasteiger partial charge >= 0.3 is 5.97 Å². The van der Waals surface area contributed by atoms with Gasteiger partial charge in [-0.25, -0.2) is 0 Å². The summed E-state index contributed by atoms with van der Waals surface area (Å²) in [5.74, 6) is -0.743. The third-order valence-corrected chi connectivity index (χ3v) is 3.91. The Bertz CT molecular complexity index is 441. The summed E-state index contributed by atoms with van der Waals surface area (Å²) >= 11 is 0. The van der Waals surface area contributed by atoms with E-state index in [-0.39, 0.29) is 12.5 Å². The molecule has 1 aliphatic heterocycles. The first-order valence-corrected chi connectivity index (χ1v) is 7.25. The van der Waals surface area contributed by atoms with Crippen LogP contribution in [0, 0.1) is 0 Å². The van der Waals surface area contributed by atoms with Gasteiger partial charge in [0.25, 0.3) is 0 Å². The van der Waals surface area contributed by atoms with Gasteiger partial charge in [-0.1, -0.05) is 30.7 Å². The fourth-order valence-electron chi connectivity index (χ4n) is 2.98. The molecule has 1 aromatic rings. The summed E-state index contributed by atoms with van der Waals surface area (Å²) in [4.78, 5) is 13.5. The van der Waals surface area contributed by atoms with E-state index in [4.69, 9.17) is 4.74 Å². The van der Waals surface area contributed by atoms with Crippen LogP contribution in [0.1, 0.15) is 42.9 Å². The molecule has 20 heavy (non-hydrogen) atoms. The topological polar surface area (TPSA) is 49.8 Å². The number of nitrogens with zero attached hydrogens (tertiary/aromatic N) is 1. The molecule has 0 radical (unpaired) electrons. The van der Waals surface area contributed by atoms with Gasteiger partial charge in [-0.15, -0.1) is 0 Å². The molecule has 0 amide bonds. The van der Waals surface area contributed by atoms with Crippen molar-refractivity contribution in [1.82, 2.24) is 4.90 Å². The number of methoxy groups -OCH3 is 1. The minimum Gasteiger partial charge on any atom is -0.481 e. The maximum Gasteiger partial charge on any atom is 0.305 e. The summed E-state index contributed by atoms with van der Waals surface area (Å²) in [6.07, 6.45) is 3.71. The SMILES string of the molecule is COCc1ccccc1C(CC(=O)O)N1CCCCC1. The second kappa shape index (κ2) is 7.41. The molecule has 1 atom stereocenters. The average molecular weight is 277 g/mol. The minimum absolute atomic E-state index is 0.0425. The molecule has 1 aromatic carbocycles. The molecule has 1 unspecified atom stereocenters. The van der Waals surface area contributed by atoms with Crippen LogP contribution in [0.2, 0.25) is 0 Å². The maximum absolute atomic E-state index is 11.2. The van der Waals surface area contributed by atoms with Gasteiger partial charge in [-0.3, -0.25) is 9.69 Å². The number of hydrogen-bond acceptors (Lipinski definition) is 3. The molecule has 110 valence electrons. The first-order chi connectivity index (χ1) is 9.72. The zero-order valence-corrected chi connectivity index (χ0v) is 12.0. The lowest BCUT2D eigenvalue weighted by Gasteiger charge is -2.35. The summed E-state index contributed by atoms with van der Waals surface area (Å²) in [6.45, 7) is 2.50. The molecule has 1 aliphatic rings. The van der Waals surface area contributed by atoms with E-state index in [1.54, 1.807) is 7.11 Å². The summed E-state index contributed by atoms with van der Waals surface area (Å²) in [5.41, 5.74) is 2.19. The lowest BCUT2D eigenvalue weighted by molar-refractivity contribution is -0.138. The fraction of sp³-hybridized carbons (Fsp3) is 0.562. The van der Waals surface area contributed by atoms with Gasteiger partial charge in [0.2, 0.25) is 0 Å². The van der Waals surface area contributed by atoms with Gasteiger partial charge in [-0.2, -0.15) is 0 Å². The summed E-state index contributed by atoms with van der Waals surface area (Å²) in [6, 6.07) is 7.98. The van der Waals surface area contributed by atoms with E-state index in [0.29, 0.717) is 6.61 Å². The molecule has 2 rings (SSSR count). The largest absolute Gasteiger partial charge is 0.481 e. The number of likely N-dealkylation sites (tertiary alicyclic amines) is 1. The molecule has 1 fully saturated rings. The van der Waals surface area contributed by atoms with Crippen molar-refractivity contribution in [3.63, 3.8) is 0 Å². The Morgan fingerprint density at radius 3 is 2.65 bits per heavy atom. The molecule has 0 spiro atoms. The van der Waals surface area contributed by atoms with Gasteiger partial charge in [0.1, 0.15) is 0 Å². The van der Waals surface area contributed by atoms with Gasteiger partial charge in [0.05, 0.1) is 13.0 Å². The number of hydrogen-bond donors (Lipinski definition) is 1. The number of piperidine rings is 1. The van der Waals surface area contributed by atoms with E-state index in [1.165, 1.54) is 6.42 Å². The highest BCUT2D eigenvalue weighted by Crippen LogP contribution is 2.30. The molecule has 1 heterocycles. The van der Waals surface area contributed by atoms with Gasteiger partial charge in [0.15, 0.2) is 0 Å². The molecule has 4 nitrogen and oxygen atoms in total. The monoisotopic (exact) mass is 277 g/mol. The Morgan fingerprint density at radius 1 is 1.30 bits per heavy atom. The van der Waals surface area contributed by atoms with Crippen molar-refractivity contribution in [2.75, 3.05) is 20.2 Å². The van der Waals surface area contributed by atoms with Crippen LogP contribution in [0.25, 0.3) is 0 Å². The highest BCUT2D eigenvalue weighted by Gasteiger charge is 2.26. The molecule has 0 aromatic heterocycles. The van der Waals surface area contributed by atoms with Crippen LogP contribution in [-0.4, -0.2) is 36.2 Å². The van der Waals surface area contributed by atoms with E-state index < -0.39 is 5.97 Å². The Labute approximate surface area is 120 Å². The van der Waals surface area contributed by atoms with E-state index in [9.17, 15) is 9.90 Å². The number of rotatable bonds is 6. The van der Waals surface area contributed by atoms with Crippen molar-refractivity contribution < 1.29 is 14.6 Å². The van der Waals surface area contributed by atoms with E-state index in [0.717, 1.165) is 37.1 Å². The standard InChI is InChI=1S/C16H23NO3/c1-20-12-13-7-3-4-8-14(13)15(11-16(18)19)17-9-5-2-6-10-17/h3-4,7-8,15H,2,5-6,9-12H2,1H3,(H,18,19). The van der Waals surface area contributed by atoms with Crippen LogP contribution < -0.4 is 0 Å². The van der Waals surface area contributed by atoms with Gasteiger partial charge < -0.3 is 9.84 Å². The van der Waals surface area contributed by atoms with Crippen LogP contribution in [-0.2, 0) is 16.1 Å². The summed E-state index contributed by atoms with van der Waals surface area (Å²) in [7, 11) is 1.67. The van der Waals surface area contributed by atoms with Crippen molar-refractivity contribution in [2.24, 2.45) is 0 Å². The van der Waals surface area contributed by atoms with Gasteiger partial charge in [0, 0.05) is 13.2 Å². The number of ether oxygens (including phenoxy) is 1. The Morgan fingerprint density at radius 2 is 2.00 bits per heavy atom. The maximum atomic E-state index is 11.2. The molecule has 4 heteroatoms. The molecular formula is C16H23NO3. The molecule has 1 saturated heterocycles. The number of benzene rings is 1. The molecule has 0 bridgehead atoms. The fourth-order valence-corrected chi connectivity index (χ4v) is 2.98. The van der Waals surface area contributed by atoms with E-state index in [1.807, 2.05) is 24.3 Å². The van der Waals surface area contributed by atoms with Crippen molar-refractivity contribution >= 4 is 5.97 Å². The lowest BCUT2D eigenvalue weighted by Crippen LogP contribution is -2.35. The highest BCUT2D eigenvalue weighted by atomic mass is 16.5. The Hall–Kier alpha value is -1.39. The van der Waals surface area contributed by atoms with E-state index in [2.05, 4.69) is 4.90 Å². The Kier molecular flexibility index (Phi) is 5.56. The first kappa shape index (κ1) is 15.0. The van der Waals surface area contributed by atoms with Crippen LogP contribution in [0.4, 0.5) is 0 Å². The average Bonchev–Trinajstić information content (AvgIpc) is 2.47. The summed E-state index contributed by atoms with van der Waals surface area (Å²) in [5, 5.41) is 9.24. The number of carboxylic acids is 1. The zero-order chi connectivity index (χ0) is 14.4. The first-order valence-electron chi connectivity index (χ1n) is 7.25. The molecule has 0 saturated carbocycles. The van der Waals surface area contributed by atoms with Crippen molar-refractivity contribution in [3.05, 3.63) is 35.4 Å². The lowest BCUT2D eigenvalue weighted by atomic mass is 9.95. The second-order valence-corrected chi connectivity index (χ2v) is 5.34. The van der Waals surface area contributed by atoms with Crippen molar-refractivity contribution in [1.29, 1.82) is 0 Å². The van der Waals surface area contributed by atoms with Crippen LogP contribution in [0.15, 0.2) is 24.3 Å². The molecule has 1 N–H and O–H groups in total. The normalized spacial score (nSPS) is 17.9. The predicted octanol–water partition coefficient (Wildman–Crippen LogP) is 2.83. The molecule has 0 aliphatic carbocycles. The zero-order valence-electron chi connectivity index (χ0n) is 12.0. The van der Waals surface area contributed by atoms with Crippen LogP contribution >= 0.6 is 0 Å². The third kappa shape index (κ3) is 3.81. The third-order valence-electron chi connectivity index (χ3n) is 3.91. The van der Waals surface area contributed by atoms with Crippen LogP contribution in [0.5, 0.6) is 0 Å². The smallest absolute Gasteiger partial charge is 0.305 e. The number of carbonyl (C=O) groups is 1. The highest BCUT2D eigenvalue weighted by molar-refractivity contribution is 5.68.